The van der Waals surface area contributed by atoms with E-state index in [1.165, 1.54) is 12.3 Å². The zero-order valence-electron chi connectivity index (χ0n) is 26.9. The van der Waals surface area contributed by atoms with Crippen LogP contribution in [0.1, 0.15) is 58.8 Å². The number of sulfonamides is 1. The van der Waals surface area contributed by atoms with Gasteiger partial charge in [0.25, 0.3) is 10.0 Å². The summed E-state index contributed by atoms with van der Waals surface area (Å²) in [4.78, 5) is 36.0. The quantitative estimate of drug-likeness (QED) is 0.194. The smallest absolute Gasteiger partial charge is 0.416 e. The molecular formula is C35H40N4O6S. The Hall–Kier alpha value is -4.61. The Labute approximate surface area is 270 Å². The monoisotopic (exact) mass is 644 g/mol. The molecule has 46 heavy (non-hydrogen) atoms. The van der Waals surface area contributed by atoms with E-state index in [4.69, 9.17) is 9.47 Å². The van der Waals surface area contributed by atoms with Gasteiger partial charge in [-0.1, -0.05) is 66.7 Å². The summed E-state index contributed by atoms with van der Waals surface area (Å²) in [5.41, 5.74) is 1.61. The number of anilines is 1. The highest BCUT2D eigenvalue weighted by Gasteiger charge is 2.30. The number of hydrogen-bond acceptors (Lipinski definition) is 8. The number of aromatic nitrogens is 2. The van der Waals surface area contributed by atoms with E-state index >= 15 is 0 Å². The lowest BCUT2D eigenvalue weighted by Gasteiger charge is -2.28. The standard InChI is InChI=1S/C35H40N4O6S/c1-34(2,3)44-32(40)24-39(33(41)45-35(4,5)6)30-16-12-15-28(37-30)29(38-46(42,43)31-17-10-11-22-36-31)23-25-18-20-27(21-19-25)26-13-8-7-9-14-26/h7-22,29,38H,23-24H2,1-6H3. The SMILES string of the molecule is CC(C)(C)OC(=O)CN(C(=O)OC(C)(C)C)c1cccc(C(Cc2ccc(-c3ccccc3)cc2)NS(=O)(=O)c2ccccn2)n1. The van der Waals surface area contributed by atoms with Gasteiger partial charge in [0.1, 0.15) is 23.6 Å². The zero-order valence-corrected chi connectivity index (χ0v) is 27.7. The van der Waals surface area contributed by atoms with Gasteiger partial charge in [0.2, 0.25) is 0 Å². The van der Waals surface area contributed by atoms with E-state index in [2.05, 4.69) is 14.7 Å². The molecule has 2 aromatic carbocycles. The maximum Gasteiger partial charge on any atom is 0.416 e. The number of nitrogens with one attached hydrogen (secondary N) is 1. The van der Waals surface area contributed by atoms with Crippen LogP contribution in [0.25, 0.3) is 11.1 Å². The van der Waals surface area contributed by atoms with Crippen LogP contribution < -0.4 is 9.62 Å². The summed E-state index contributed by atoms with van der Waals surface area (Å²) in [5.74, 6) is -0.560. The highest BCUT2D eigenvalue weighted by atomic mass is 32.2. The van der Waals surface area contributed by atoms with Crippen molar-refractivity contribution in [1.29, 1.82) is 0 Å². The summed E-state index contributed by atoms with van der Waals surface area (Å²) in [6, 6.07) is 26.4. The number of amides is 1. The normalized spacial score (nSPS) is 12.7. The molecule has 0 fully saturated rings. The Morgan fingerprint density at radius 1 is 0.783 bits per heavy atom. The van der Waals surface area contributed by atoms with Gasteiger partial charge in [-0.15, -0.1) is 0 Å². The summed E-state index contributed by atoms with van der Waals surface area (Å²) in [6.45, 7) is 9.86. The molecule has 1 unspecified atom stereocenters. The highest BCUT2D eigenvalue weighted by molar-refractivity contribution is 7.89. The second-order valence-corrected chi connectivity index (χ2v) is 14.3. The maximum atomic E-state index is 13.5. The lowest BCUT2D eigenvalue weighted by Crippen LogP contribution is -2.42. The number of esters is 1. The van der Waals surface area contributed by atoms with Crippen molar-refractivity contribution in [3.8, 4) is 11.1 Å². The van der Waals surface area contributed by atoms with Crippen LogP contribution in [-0.2, 0) is 30.7 Å². The Balaban J connectivity index is 1.71. The first-order chi connectivity index (χ1) is 21.6. The molecule has 0 radical (unpaired) electrons. The third kappa shape index (κ3) is 9.95. The minimum atomic E-state index is -4.07. The fourth-order valence-corrected chi connectivity index (χ4v) is 5.66. The van der Waals surface area contributed by atoms with Crippen molar-refractivity contribution in [2.45, 2.75) is 70.2 Å². The molecule has 1 N–H and O–H groups in total. The van der Waals surface area contributed by atoms with Crippen molar-refractivity contribution >= 4 is 27.9 Å². The van der Waals surface area contributed by atoms with Gasteiger partial charge in [-0.05, 0) is 88.9 Å². The fourth-order valence-electron chi connectivity index (χ4n) is 4.50. The van der Waals surface area contributed by atoms with Crippen molar-refractivity contribution in [3.63, 3.8) is 0 Å². The van der Waals surface area contributed by atoms with Crippen LogP contribution in [0.4, 0.5) is 10.6 Å². The Kier molecular flexibility index (Phi) is 10.6. The van der Waals surface area contributed by atoms with Gasteiger partial charge in [-0.3, -0.25) is 9.69 Å². The number of rotatable bonds is 10. The first-order valence-electron chi connectivity index (χ1n) is 14.9. The lowest BCUT2D eigenvalue weighted by atomic mass is 9.99. The summed E-state index contributed by atoms with van der Waals surface area (Å²) in [5, 5.41) is -0.143. The molecule has 0 bridgehead atoms. The molecule has 242 valence electrons. The molecule has 0 aliphatic heterocycles. The van der Waals surface area contributed by atoms with Crippen molar-refractivity contribution in [1.82, 2.24) is 14.7 Å². The van der Waals surface area contributed by atoms with Gasteiger partial charge in [0, 0.05) is 6.20 Å². The van der Waals surface area contributed by atoms with E-state index in [1.54, 1.807) is 71.9 Å². The number of hydrogen-bond donors (Lipinski definition) is 1. The van der Waals surface area contributed by atoms with E-state index < -0.39 is 45.9 Å². The average Bonchev–Trinajstić information content (AvgIpc) is 2.99. The van der Waals surface area contributed by atoms with Crippen LogP contribution in [0.15, 0.2) is 102 Å². The predicted octanol–water partition coefficient (Wildman–Crippen LogP) is 6.49. The van der Waals surface area contributed by atoms with E-state index in [1.807, 2.05) is 54.6 Å². The predicted molar refractivity (Wildman–Crippen MR) is 177 cm³/mol. The maximum absolute atomic E-state index is 13.5. The van der Waals surface area contributed by atoms with E-state index in [-0.39, 0.29) is 17.3 Å². The van der Waals surface area contributed by atoms with E-state index in [9.17, 15) is 18.0 Å². The molecule has 2 aromatic heterocycles. The van der Waals surface area contributed by atoms with Gasteiger partial charge < -0.3 is 9.47 Å². The molecule has 0 aliphatic carbocycles. The van der Waals surface area contributed by atoms with Gasteiger partial charge in [0.15, 0.2) is 5.03 Å². The molecule has 1 amide bonds. The third-order valence-corrected chi connectivity index (χ3v) is 7.81. The van der Waals surface area contributed by atoms with Gasteiger partial charge in [-0.2, -0.15) is 0 Å². The topological polar surface area (TPSA) is 128 Å². The number of carbonyl (C=O) groups is 2. The largest absolute Gasteiger partial charge is 0.459 e. The summed E-state index contributed by atoms with van der Waals surface area (Å²) in [7, 11) is -4.07. The first kappa shape index (κ1) is 34.3. The molecule has 0 saturated carbocycles. The number of benzene rings is 2. The highest BCUT2D eigenvalue weighted by Crippen LogP contribution is 2.26. The van der Waals surface area contributed by atoms with Crippen LogP contribution in [0, 0.1) is 0 Å². The lowest BCUT2D eigenvalue weighted by molar-refractivity contribution is -0.153. The summed E-state index contributed by atoms with van der Waals surface area (Å²) in [6.07, 6.45) is 0.834. The second-order valence-electron chi connectivity index (χ2n) is 12.7. The Morgan fingerprint density at radius 2 is 1.41 bits per heavy atom. The molecule has 0 saturated heterocycles. The Bertz CT molecular complexity index is 1730. The van der Waals surface area contributed by atoms with Crippen LogP contribution in [0.5, 0.6) is 0 Å². The van der Waals surface area contributed by atoms with Crippen molar-refractivity contribution in [2.24, 2.45) is 0 Å². The molecule has 4 aromatic rings. The van der Waals surface area contributed by atoms with Crippen LogP contribution >= 0.6 is 0 Å². The molecule has 0 aliphatic rings. The molecule has 0 spiro atoms. The fraction of sp³-hybridized carbons (Fsp3) is 0.314. The molecule has 1 atom stereocenters. The minimum absolute atomic E-state index is 0.0964. The Morgan fingerprint density at radius 3 is 2.02 bits per heavy atom. The molecular weight excluding hydrogens is 604 g/mol. The van der Waals surface area contributed by atoms with E-state index in [0.717, 1.165) is 21.6 Å². The first-order valence-corrected chi connectivity index (χ1v) is 16.3. The third-order valence-electron chi connectivity index (χ3n) is 6.42. The second kappa shape index (κ2) is 14.2. The summed E-state index contributed by atoms with van der Waals surface area (Å²) < 4.78 is 40.7. The van der Waals surface area contributed by atoms with Gasteiger partial charge in [-0.25, -0.2) is 27.9 Å². The number of pyridine rings is 2. The molecule has 10 nitrogen and oxygen atoms in total. The average molecular weight is 645 g/mol. The van der Waals surface area contributed by atoms with Crippen LogP contribution in [-0.4, -0.2) is 48.2 Å². The van der Waals surface area contributed by atoms with Crippen molar-refractivity contribution < 1.29 is 27.5 Å². The van der Waals surface area contributed by atoms with Crippen LogP contribution in [0.2, 0.25) is 0 Å². The molecule has 2 heterocycles. The molecule has 11 heteroatoms. The zero-order chi connectivity index (χ0) is 33.5. The van der Waals surface area contributed by atoms with Gasteiger partial charge >= 0.3 is 12.1 Å². The molecule has 4 rings (SSSR count). The number of carbonyl (C=O) groups excluding carboxylic acids is 2. The van der Waals surface area contributed by atoms with Gasteiger partial charge in [0.05, 0.1) is 11.7 Å². The number of ether oxygens (including phenoxy) is 2. The van der Waals surface area contributed by atoms with E-state index in [0.29, 0.717) is 5.69 Å². The van der Waals surface area contributed by atoms with Crippen LogP contribution in [0.3, 0.4) is 0 Å². The minimum Gasteiger partial charge on any atom is -0.459 e. The number of nitrogens with zero attached hydrogens (tertiary/aromatic N) is 3. The van der Waals surface area contributed by atoms with Crippen molar-refractivity contribution in [2.75, 3.05) is 11.4 Å². The van der Waals surface area contributed by atoms with Crippen molar-refractivity contribution in [3.05, 3.63) is 108 Å². The summed E-state index contributed by atoms with van der Waals surface area (Å²) >= 11 is 0.